The second-order valence-electron chi connectivity index (χ2n) is 7.41. The molecular weight excluding hydrogens is 338 g/mol. The van der Waals surface area contributed by atoms with Gasteiger partial charge < -0.3 is 5.73 Å². The van der Waals surface area contributed by atoms with Gasteiger partial charge >= 0.3 is 6.03 Å². The predicted octanol–water partition coefficient (Wildman–Crippen LogP) is 4.03. The summed E-state index contributed by atoms with van der Waals surface area (Å²) in [6, 6.07) is 16.2. The van der Waals surface area contributed by atoms with E-state index in [1.54, 1.807) is 0 Å². The molecule has 2 aromatic carbocycles. The third-order valence-corrected chi connectivity index (χ3v) is 4.62. The van der Waals surface area contributed by atoms with Gasteiger partial charge in [0, 0.05) is 6.04 Å². The van der Waals surface area contributed by atoms with Crippen LogP contribution in [0.1, 0.15) is 62.4 Å². The number of hydrogen-bond donors (Lipinski definition) is 3. The molecule has 144 valence electrons. The molecule has 4 N–H and O–H groups in total. The lowest BCUT2D eigenvalue weighted by Gasteiger charge is -2.28. The molecule has 0 aromatic heterocycles. The zero-order chi connectivity index (χ0) is 20.0. The SMILES string of the molecule is CC(C)c1ccc([C@H](N[C@H](C(=O)NC(N)=O)c2ccccc2)C(C)C)cc1. The second-order valence-corrected chi connectivity index (χ2v) is 7.41. The van der Waals surface area contributed by atoms with Crippen LogP contribution in [0.15, 0.2) is 54.6 Å². The van der Waals surface area contributed by atoms with E-state index >= 15 is 0 Å². The van der Waals surface area contributed by atoms with Gasteiger partial charge in [-0.3, -0.25) is 15.4 Å². The lowest BCUT2D eigenvalue weighted by molar-refractivity contribution is -0.122. The smallest absolute Gasteiger partial charge is 0.318 e. The van der Waals surface area contributed by atoms with Crippen molar-refractivity contribution in [2.24, 2.45) is 11.7 Å². The number of primary amides is 1. The van der Waals surface area contributed by atoms with E-state index in [0.29, 0.717) is 5.92 Å². The van der Waals surface area contributed by atoms with Crippen molar-refractivity contribution in [2.75, 3.05) is 0 Å². The molecule has 2 atom stereocenters. The highest BCUT2D eigenvalue weighted by Crippen LogP contribution is 2.27. The van der Waals surface area contributed by atoms with E-state index in [4.69, 9.17) is 5.73 Å². The van der Waals surface area contributed by atoms with Gasteiger partial charge in [-0.2, -0.15) is 0 Å². The van der Waals surface area contributed by atoms with Gasteiger partial charge in [-0.1, -0.05) is 82.3 Å². The third kappa shape index (κ3) is 5.66. The molecule has 5 heteroatoms. The molecule has 0 aliphatic heterocycles. The van der Waals surface area contributed by atoms with E-state index in [-0.39, 0.29) is 12.0 Å². The molecule has 0 fully saturated rings. The molecular formula is C22H29N3O2. The van der Waals surface area contributed by atoms with E-state index < -0.39 is 18.0 Å². The van der Waals surface area contributed by atoms with Gasteiger partial charge in [0.25, 0.3) is 0 Å². The van der Waals surface area contributed by atoms with E-state index in [0.717, 1.165) is 11.1 Å². The Bertz CT molecular complexity index is 755. The minimum absolute atomic E-state index is 0.0601. The summed E-state index contributed by atoms with van der Waals surface area (Å²) in [7, 11) is 0. The van der Waals surface area contributed by atoms with Crippen molar-refractivity contribution in [3.8, 4) is 0 Å². The van der Waals surface area contributed by atoms with E-state index in [1.165, 1.54) is 5.56 Å². The Morgan fingerprint density at radius 3 is 1.85 bits per heavy atom. The first-order valence-corrected chi connectivity index (χ1v) is 9.30. The summed E-state index contributed by atoms with van der Waals surface area (Å²) in [5.74, 6) is 0.239. The van der Waals surface area contributed by atoms with Crippen LogP contribution in [0.25, 0.3) is 0 Å². The van der Waals surface area contributed by atoms with Crippen LogP contribution in [0.2, 0.25) is 0 Å². The van der Waals surface area contributed by atoms with Gasteiger partial charge in [-0.15, -0.1) is 0 Å². The van der Waals surface area contributed by atoms with Crippen molar-refractivity contribution < 1.29 is 9.59 Å². The van der Waals surface area contributed by atoms with Crippen molar-refractivity contribution in [3.63, 3.8) is 0 Å². The molecule has 0 heterocycles. The minimum atomic E-state index is -0.856. The highest BCUT2D eigenvalue weighted by molar-refractivity contribution is 5.96. The lowest BCUT2D eigenvalue weighted by atomic mass is 9.92. The van der Waals surface area contributed by atoms with Crippen molar-refractivity contribution >= 4 is 11.9 Å². The van der Waals surface area contributed by atoms with Crippen LogP contribution < -0.4 is 16.4 Å². The number of nitrogens with one attached hydrogen (secondary N) is 2. The standard InChI is InChI=1S/C22H29N3O2/c1-14(2)16-10-12-18(13-11-16)19(15(3)4)24-20(21(26)25-22(23)27)17-8-6-5-7-9-17/h5-15,19-20,24H,1-4H3,(H3,23,25,26,27)/t19-,20+/m1/s1. The fraction of sp³-hybridized carbons (Fsp3) is 0.364. The molecule has 0 saturated heterocycles. The Morgan fingerprint density at radius 1 is 0.815 bits per heavy atom. The Labute approximate surface area is 161 Å². The third-order valence-electron chi connectivity index (χ3n) is 4.62. The van der Waals surface area contributed by atoms with Crippen LogP contribution in [0.3, 0.4) is 0 Å². The molecule has 5 nitrogen and oxygen atoms in total. The monoisotopic (exact) mass is 367 g/mol. The maximum Gasteiger partial charge on any atom is 0.318 e. The van der Waals surface area contributed by atoms with Gasteiger partial charge in [0.1, 0.15) is 6.04 Å². The highest BCUT2D eigenvalue weighted by Gasteiger charge is 2.27. The van der Waals surface area contributed by atoms with Gasteiger partial charge in [-0.25, -0.2) is 4.79 Å². The molecule has 0 aliphatic rings. The van der Waals surface area contributed by atoms with Crippen molar-refractivity contribution in [1.82, 2.24) is 10.6 Å². The van der Waals surface area contributed by atoms with Crippen molar-refractivity contribution in [1.29, 1.82) is 0 Å². The average molecular weight is 367 g/mol. The van der Waals surface area contributed by atoms with Crippen molar-refractivity contribution in [3.05, 3.63) is 71.3 Å². The number of benzene rings is 2. The van der Waals surface area contributed by atoms with Gasteiger partial charge in [0.2, 0.25) is 5.91 Å². The van der Waals surface area contributed by atoms with Gasteiger partial charge in [0.05, 0.1) is 0 Å². The normalized spacial score (nSPS) is 13.4. The van der Waals surface area contributed by atoms with Gasteiger partial charge in [0.15, 0.2) is 0 Å². The summed E-state index contributed by atoms with van der Waals surface area (Å²) < 4.78 is 0. The number of nitrogens with two attached hydrogens (primary N) is 1. The van der Waals surface area contributed by atoms with Crippen LogP contribution in [0.4, 0.5) is 4.79 Å². The van der Waals surface area contributed by atoms with Gasteiger partial charge in [-0.05, 0) is 28.5 Å². The molecule has 0 radical (unpaired) electrons. The summed E-state index contributed by atoms with van der Waals surface area (Å²) in [6.07, 6.45) is 0. The molecule has 0 saturated carbocycles. The number of hydrogen-bond acceptors (Lipinski definition) is 3. The summed E-state index contributed by atoms with van der Waals surface area (Å²) >= 11 is 0. The molecule has 0 bridgehead atoms. The first-order chi connectivity index (χ1) is 12.8. The Morgan fingerprint density at radius 2 is 1.37 bits per heavy atom. The zero-order valence-corrected chi connectivity index (χ0v) is 16.4. The number of amides is 3. The molecule has 0 aliphatic carbocycles. The minimum Gasteiger partial charge on any atom is -0.351 e. The average Bonchev–Trinajstić information content (AvgIpc) is 2.62. The Balaban J connectivity index is 2.33. The maximum atomic E-state index is 12.6. The topological polar surface area (TPSA) is 84.2 Å². The fourth-order valence-corrected chi connectivity index (χ4v) is 3.10. The summed E-state index contributed by atoms with van der Waals surface area (Å²) in [5.41, 5.74) is 8.31. The first-order valence-electron chi connectivity index (χ1n) is 9.30. The number of rotatable bonds is 7. The number of imide groups is 1. The van der Waals surface area contributed by atoms with Crippen LogP contribution in [0, 0.1) is 5.92 Å². The molecule has 0 unspecified atom stereocenters. The molecule has 2 rings (SSSR count). The maximum absolute atomic E-state index is 12.6. The van der Waals surface area contributed by atoms with Crippen LogP contribution in [0.5, 0.6) is 0 Å². The van der Waals surface area contributed by atoms with E-state index in [9.17, 15) is 9.59 Å². The zero-order valence-electron chi connectivity index (χ0n) is 16.4. The number of carbonyl (C=O) groups excluding carboxylic acids is 2. The molecule has 0 spiro atoms. The van der Waals surface area contributed by atoms with Crippen LogP contribution in [-0.4, -0.2) is 11.9 Å². The highest BCUT2D eigenvalue weighted by atomic mass is 16.2. The molecule has 2 aromatic rings. The van der Waals surface area contributed by atoms with E-state index in [1.807, 2.05) is 30.3 Å². The van der Waals surface area contributed by atoms with Crippen LogP contribution >= 0.6 is 0 Å². The number of carbonyl (C=O) groups is 2. The summed E-state index contributed by atoms with van der Waals surface area (Å²) in [4.78, 5) is 23.8. The van der Waals surface area contributed by atoms with Crippen LogP contribution in [-0.2, 0) is 4.79 Å². The van der Waals surface area contributed by atoms with E-state index in [2.05, 4.69) is 62.6 Å². The second kappa shape index (κ2) is 9.33. The Kier molecular flexibility index (Phi) is 7.13. The summed E-state index contributed by atoms with van der Waals surface area (Å²) in [5, 5.41) is 5.62. The lowest BCUT2D eigenvalue weighted by Crippen LogP contribution is -2.44. The molecule has 3 amide bonds. The quantitative estimate of drug-likeness (QED) is 0.691. The Hall–Kier alpha value is -2.66. The fourth-order valence-electron chi connectivity index (χ4n) is 3.10. The predicted molar refractivity (Wildman–Crippen MR) is 108 cm³/mol. The summed E-state index contributed by atoms with van der Waals surface area (Å²) in [6.45, 7) is 8.52. The first kappa shape index (κ1) is 20.6. The molecule has 27 heavy (non-hydrogen) atoms. The largest absolute Gasteiger partial charge is 0.351 e. The number of urea groups is 1. The van der Waals surface area contributed by atoms with Crippen molar-refractivity contribution in [2.45, 2.75) is 45.7 Å².